The van der Waals surface area contributed by atoms with Gasteiger partial charge in [0.2, 0.25) is 0 Å². The number of benzene rings is 2. The van der Waals surface area contributed by atoms with Crippen molar-refractivity contribution in [3.63, 3.8) is 0 Å². The predicted octanol–water partition coefficient (Wildman–Crippen LogP) is 4.58. The number of rotatable bonds is 6. The molecule has 0 bridgehead atoms. The van der Waals surface area contributed by atoms with Crippen LogP contribution in [0.15, 0.2) is 42.5 Å². The van der Waals surface area contributed by atoms with E-state index in [9.17, 15) is 4.79 Å². The van der Waals surface area contributed by atoms with Gasteiger partial charge < -0.3 is 25.0 Å². The molecule has 1 saturated carbocycles. The Morgan fingerprint density at radius 3 is 2.66 bits per heavy atom. The first-order valence-electron chi connectivity index (χ1n) is 11.6. The monoisotopic (exact) mass is 437 g/mol. The molecule has 2 aliphatic rings. The number of aryl methyl sites for hydroxylation is 1. The normalized spacial score (nSPS) is 25.1. The minimum atomic E-state index is -0.116. The Morgan fingerprint density at radius 1 is 1.12 bits per heavy atom. The van der Waals surface area contributed by atoms with Crippen molar-refractivity contribution in [2.24, 2.45) is 0 Å². The molecular formula is C26H35N3O3. The highest BCUT2D eigenvalue weighted by atomic mass is 16.5. The number of urea groups is 1. The molecule has 2 amide bonds. The Kier molecular flexibility index (Phi) is 6.60. The molecule has 2 fully saturated rings. The molecule has 1 aliphatic carbocycles. The van der Waals surface area contributed by atoms with Gasteiger partial charge >= 0.3 is 6.03 Å². The Labute approximate surface area is 191 Å². The SMILES string of the molecule is CCc1ccccc1NC(=O)NC1CCC2(c3ccc(OC)c(OC)c3)CCN(C)C2C1. The van der Waals surface area contributed by atoms with Gasteiger partial charge in [-0.15, -0.1) is 0 Å². The molecule has 6 nitrogen and oxygen atoms in total. The smallest absolute Gasteiger partial charge is 0.319 e. The van der Waals surface area contributed by atoms with Gasteiger partial charge in [-0.2, -0.15) is 0 Å². The van der Waals surface area contributed by atoms with Crippen molar-refractivity contribution < 1.29 is 14.3 Å². The number of nitrogens with zero attached hydrogens (tertiary/aromatic N) is 1. The molecule has 1 heterocycles. The van der Waals surface area contributed by atoms with Crippen molar-refractivity contribution in [2.45, 2.75) is 56.5 Å². The number of anilines is 1. The number of hydrogen-bond acceptors (Lipinski definition) is 4. The van der Waals surface area contributed by atoms with E-state index in [0.717, 1.165) is 61.4 Å². The number of para-hydroxylation sites is 1. The van der Waals surface area contributed by atoms with Crippen LogP contribution < -0.4 is 20.1 Å². The Morgan fingerprint density at radius 2 is 1.91 bits per heavy atom. The van der Waals surface area contributed by atoms with Gasteiger partial charge in [0.15, 0.2) is 11.5 Å². The molecule has 6 heteroatoms. The van der Waals surface area contributed by atoms with Crippen molar-refractivity contribution >= 4 is 11.7 Å². The van der Waals surface area contributed by atoms with Crippen LogP contribution in [0.3, 0.4) is 0 Å². The van der Waals surface area contributed by atoms with Crippen molar-refractivity contribution in [3.05, 3.63) is 53.6 Å². The average molecular weight is 438 g/mol. The summed E-state index contributed by atoms with van der Waals surface area (Å²) in [6.45, 7) is 3.16. The number of ether oxygens (including phenoxy) is 2. The largest absolute Gasteiger partial charge is 0.493 e. The molecule has 0 spiro atoms. The van der Waals surface area contributed by atoms with E-state index < -0.39 is 0 Å². The Hall–Kier alpha value is -2.73. The lowest BCUT2D eigenvalue weighted by molar-refractivity contribution is 0.156. The standard InChI is InChI=1S/C26H35N3O3/c1-5-18-8-6-7-9-21(18)28-25(30)27-20-12-13-26(14-15-29(2)24(26)17-20)19-10-11-22(31-3)23(16-19)32-4/h6-11,16,20,24H,5,12-15,17H2,1-4H3,(H2,27,28,30). The topological polar surface area (TPSA) is 62.8 Å². The number of amides is 2. The highest BCUT2D eigenvalue weighted by Crippen LogP contribution is 2.49. The molecule has 0 radical (unpaired) electrons. The fourth-order valence-electron chi connectivity index (χ4n) is 5.69. The fraction of sp³-hybridized carbons (Fsp3) is 0.500. The summed E-state index contributed by atoms with van der Waals surface area (Å²) in [6, 6.07) is 14.8. The van der Waals surface area contributed by atoms with Gasteiger partial charge in [-0.05, 0) is 75.0 Å². The van der Waals surface area contributed by atoms with Gasteiger partial charge in [-0.1, -0.05) is 31.2 Å². The molecule has 1 aliphatic heterocycles. The highest BCUT2D eigenvalue weighted by molar-refractivity contribution is 5.90. The summed E-state index contributed by atoms with van der Waals surface area (Å²) in [5, 5.41) is 6.29. The molecule has 2 aromatic rings. The number of fused-ring (bicyclic) bond motifs is 1. The summed E-state index contributed by atoms with van der Waals surface area (Å²) >= 11 is 0. The van der Waals surface area contributed by atoms with Gasteiger partial charge in [0, 0.05) is 23.2 Å². The van der Waals surface area contributed by atoms with Crippen LogP contribution in [0.4, 0.5) is 10.5 Å². The van der Waals surface area contributed by atoms with Crippen LogP contribution in [0.2, 0.25) is 0 Å². The van der Waals surface area contributed by atoms with Crippen molar-refractivity contribution in [1.29, 1.82) is 0 Å². The lowest BCUT2D eigenvalue weighted by atomic mass is 9.65. The molecule has 2 aromatic carbocycles. The predicted molar refractivity (Wildman–Crippen MR) is 128 cm³/mol. The third-order valence-electron chi connectivity index (χ3n) is 7.47. The summed E-state index contributed by atoms with van der Waals surface area (Å²) in [7, 11) is 5.56. The van der Waals surface area contributed by atoms with Crippen LogP contribution >= 0.6 is 0 Å². The molecule has 4 rings (SSSR count). The fourth-order valence-corrected chi connectivity index (χ4v) is 5.69. The summed E-state index contributed by atoms with van der Waals surface area (Å²) in [5.74, 6) is 1.54. The minimum Gasteiger partial charge on any atom is -0.493 e. The number of likely N-dealkylation sites (tertiary alicyclic amines) is 1. The zero-order valence-electron chi connectivity index (χ0n) is 19.6. The molecule has 2 N–H and O–H groups in total. The van der Waals surface area contributed by atoms with Crippen molar-refractivity contribution in [3.8, 4) is 11.5 Å². The molecule has 1 saturated heterocycles. The van der Waals surface area contributed by atoms with Crippen LogP contribution in [-0.2, 0) is 11.8 Å². The third kappa shape index (κ3) is 4.16. The zero-order chi connectivity index (χ0) is 22.7. The van der Waals surface area contributed by atoms with Crippen LogP contribution in [0.25, 0.3) is 0 Å². The number of likely N-dealkylation sites (N-methyl/N-ethyl adjacent to an activating group) is 1. The number of carbonyl (C=O) groups excluding carboxylic acids is 1. The van der Waals surface area contributed by atoms with Gasteiger partial charge in [0.25, 0.3) is 0 Å². The number of carbonyl (C=O) groups is 1. The first-order valence-corrected chi connectivity index (χ1v) is 11.6. The summed E-state index contributed by atoms with van der Waals surface area (Å²) in [4.78, 5) is 15.2. The van der Waals surface area contributed by atoms with E-state index >= 15 is 0 Å². The van der Waals surface area contributed by atoms with Crippen LogP contribution in [0.5, 0.6) is 11.5 Å². The van der Waals surface area contributed by atoms with Crippen LogP contribution in [0.1, 0.15) is 43.7 Å². The number of nitrogens with one attached hydrogen (secondary N) is 2. The van der Waals surface area contributed by atoms with Crippen molar-refractivity contribution in [2.75, 3.05) is 33.1 Å². The molecule has 3 unspecified atom stereocenters. The van der Waals surface area contributed by atoms with E-state index in [0.29, 0.717) is 6.04 Å². The molecule has 3 atom stereocenters. The summed E-state index contributed by atoms with van der Waals surface area (Å²) in [5.41, 5.74) is 3.43. The maximum absolute atomic E-state index is 12.8. The number of hydrogen-bond donors (Lipinski definition) is 2. The minimum absolute atomic E-state index is 0.0811. The van der Waals surface area contributed by atoms with Gasteiger partial charge in [0.05, 0.1) is 14.2 Å². The lowest BCUT2D eigenvalue weighted by Gasteiger charge is -2.45. The average Bonchev–Trinajstić information content (AvgIpc) is 3.16. The van der Waals surface area contributed by atoms with Crippen LogP contribution in [-0.4, -0.2) is 50.8 Å². The second-order valence-corrected chi connectivity index (χ2v) is 9.05. The van der Waals surface area contributed by atoms with E-state index in [-0.39, 0.29) is 17.5 Å². The molecular weight excluding hydrogens is 402 g/mol. The molecule has 32 heavy (non-hydrogen) atoms. The first-order chi connectivity index (χ1) is 15.5. The summed E-state index contributed by atoms with van der Waals surface area (Å²) < 4.78 is 11.0. The molecule has 0 aromatic heterocycles. The van der Waals surface area contributed by atoms with Crippen molar-refractivity contribution in [1.82, 2.24) is 10.2 Å². The van der Waals surface area contributed by atoms with E-state index in [1.165, 1.54) is 5.56 Å². The first kappa shape index (κ1) is 22.5. The second-order valence-electron chi connectivity index (χ2n) is 9.05. The van der Waals surface area contributed by atoms with E-state index in [1.54, 1.807) is 14.2 Å². The summed E-state index contributed by atoms with van der Waals surface area (Å²) in [6.07, 6.45) is 4.94. The highest BCUT2D eigenvalue weighted by Gasteiger charge is 2.50. The lowest BCUT2D eigenvalue weighted by Crippen LogP contribution is -2.52. The van der Waals surface area contributed by atoms with Crippen LogP contribution in [0, 0.1) is 0 Å². The molecule has 172 valence electrons. The maximum Gasteiger partial charge on any atom is 0.319 e. The van der Waals surface area contributed by atoms with E-state index in [1.807, 2.05) is 24.3 Å². The zero-order valence-corrected chi connectivity index (χ0v) is 19.6. The Balaban J connectivity index is 1.48. The maximum atomic E-state index is 12.8. The Bertz CT molecular complexity index is 963. The quantitative estimate of drug-likeness (QED) is 0.694. The van der Waals surface area contributed by atoms with Gasteiger partial charge in [-0.3, -0.25) is 0 Å². The second kappa shape index (κ2) is 9.41. The van der Waals surface area contributed by atoms with Gasteiger partial charge in [-0.25, -0.2) is 4.79 Å². The third-order valence-corrected chi connectivity index (χ3v) is 7.47. The number of methoxy groups -OCH3 is 2. The van der Waals surface area contributed by atoms with Gasteiger partial charge in [0.1, 0.15) is 0 Å². The van der Waals surface area contributed by atoms with E-state index in [2.05, 4.69) is 47.7 Å². The van der Waals surface area contributed by atoms with E-state index in [4.69, 9.17) is 9.47 Å².